The van der Waals surface area contributed by atoms with Crippen LogP contribution >= 0.6 is 0 Å². The number of aromatic nitrogens is 2. The van der Waals surface area contributed by atoms with Gasteiger partial charge in [0.2, 0.25) is 11.8 Å². The van der Waals surface area contributed by atoms with Gasteiger partial charge in [-0.2, -0.15) is 0 Å². The lowest BCUT2D eigenvalue weighted by atomic mass is 9.85. The summed E-state index contributed by atoms with van der Waals surface area (Å²) in [4.78, 5) is 51.5. The zero-order valence-electron chi connectivity index (χ0n) is 25.9. The highest BCUT2D eigenvalue weighted by Gasteiger charge is 2.49. The number of carbonyl (C=O) groups is 3. The summed E-state index contributed by atoms with van der Waals surface area (Å²) in [5, 5.41) is 2.85. The van der Waals surface area contributed by atoms with Gasteiger partial charge in [-0.1, -0.05) is 40.5 Å². The highest BCUT2D eigenvalue weighted by atomic mass is 16.6. The summed E-state index contributed by atoms with van der Waals surface area (Å²) in [5.41, 5.74) is 1.65. The highest BCUT2D eigenvalue weighted by molar-refractivity contribution is 5.92. The van der Waals surface area contributed by atoms with Crippen LogP contribution in [0.1, 0.15) is 85.3 Å². The van der Waals surface area contributed by atoms with Gasteiger partial charge in [-0.3, -0.25) is 9.59 Å². The average molecular weight is 593 g/mol. The van der Waals surface area contributed by atoms with E-state index in [0.29, 0.717) is 23.7 Å². The topological polar surface area (TPSA) is 120 Å². The number of carbonyl (C=O) groups excluding carboxylic acids is 3. The van der Waals surface area contributed by atoms with Crippen molar-refractivity contribution in [1.82, 2.24) is 20.2 Å². The van der Waals surface area contributed by atoms with Gasteiger partial charge in [0.25, 0.3) is 0 Å². The number of ether oxygens (including phenoxy) is 3. The molecule has 43 heavy (non-hydrogen) atoms. The number of alkyl carbamates (subject to hydrolysis) is 1. The Morgan fingerprint density at radius 1 is 1.02 bits per heavy atom. The van der Waals surface area contributed by atoms with Crippen LogP contribution in [0.25, 0.3) is 11.0 Å². The molecule has 4 aliphatic rings. The van der Waals surface area contributed by atoms with Crippen molar-refractivity contribution in [3.63, 3.8) is 0 Å². The van der Waals surface area contributed by atoms with E-state index >= 15 is 0 Å². The molecule has 0 radical (unpaired) electrons. The van der Waals surface area contributed by atoms with Gasteiger partial charge in [0, 0.05) is 12.0 Å². The van der Waals surface area contributed by atoms with E-state index in [0.717, 1.165) is 61.9 Å². The molecule has 0 spiro atoms. The molecule has 3 fully saturated rings. The minimum atomic E-state index is -0.871. The Labute approximate surface area is 253 Å². The summed E-state index contributed by atoms with van der Waals surface area (Å²) in [7, 11) is 0. The molecule has 6 atom stereocenters. The molecule has 6 rings (SSSR count). The van der Waals surface area contributed by atoms with E-state index in [9.17, 15) is 14.4 Å². The smallest absolute Gasteiger partial charge is 0.408 e. The molecule has 1 saturated heterocycles. The van der Waals surface area contributed by atoms with Crippen LogP contribution in [0.15, 0.2) is 18.2 Å². The van der Waals surface area contributed by atoms with Crippen LogP contribution in [-0.2, 0) is 20.7 Å². The second-order valence-electron chi connectivity index (χ2n) is 14.0. The first-order valence-electron chi connectivity index (χ1n) is 15.9. The van der Waals surface area contributed by atoms with E-state index in [-0.39, 0.29) is 36.4 Å². The Morgan fingerprint density at radius 2 is 1.81 bits per heavy atom. The van der Waals surface area contributed by atoms with Crippen LogP contribution in [0.5, 0.6) is 11.6 Å². The van der Waals surface area contributed by atoms with E-state index < -0.39 is 29.7 Å². The monoisotopic (exact) mass is 592 g/mol. The van der Waals surface area contributed by atoms with Gasteiger partial charge < -0.3 is 24.4 Å². The number of aryl methyl sites for hydroxylation is 1. The van der Waals surface area contributed by atoms with E-state index in [4.69, 9.17) is 24.2 Å². The van der Waals surface area contributed by atoms with Crippen LogP contribution < -0.4 is 14.8 Å². The lowest BCUT2D eigenvalue weighted by Gasteiger charge is -2.35. The first-order valence-corrected chi connectivity index (χ1v) is 15.9. The molecule has 1 N–H and O–H groups in total. The Balaban J connectivity index is 1.34. The molecule has 3 heterocycles. The molecule has 2 aliphatic carbocycles. The Morgan fingerprint density at radius 3 is 2.53 bits per heavy atom. The third-order valence-electron chi connectivity index (χ3n) is 9.24. The summed E-state index contributed by atoms with van der Waals surface area (Å²) >= 11 is 0. The summed E-state index contributed by atoms with van der Waals surface area (Å²) < 4.78 is 18.3. The van der Waals surface area contributed by atoms with Crippen molar-refractivity contribution < 1.29 is 28.6 Å². The second-order valence-corrected chi connectivity index (χ2v) is 14.0. The number of amides is 2. The number of nitrogens with zero attached hydrogens (tertiary/aromatic N) is 3. The van der Waals surface area contributed by atoms with Gasteiger partial charge >= 0.3 is 6.09 Å². The van der Waals surface area contributed by atoms with Crippen molar-refractivity contribution in [1.29, 1.82) is 0 Å². The normalized spacial score (nSPS) is 30.2. The average Bonchev–Trinajstić information content (AvgIpc) is 3.86. The summed E-state index contributed by atoms with van der Waals surface area (Å²) in [6.45, 7) is 9.33. The first-order chi connectivity index (χ1) is 20.5. The maximum atomic E-state index is 14.1. The van der Waals surface area contributed by atoms with Gasteiger partial charge in [-0.15, -0.1) is 0 Å². The van der Waals surface area contributed by atoms with Gasteiger partial charge in [-0.25, -0.2) is 14.8 Å². The van der Waals surface area contributed by atoms with Crippen LogP contribution in [0, 0.1) is 17.3 Å². The standard InChI is InChI=1S/C33H44N4O6/c1-18-27-17-37(28(18)19(2)38)31(39)29(33(3,4)5)36-32(40)43-26-15-20(26)9-7-6-8-10-24-30(42-27)35-25-16-22(41-21-11-12-21)13-14-23(25)34-24/h13-14,16,18,20-21,26-29H,6-12,15,17H2,1-5H3,(H,36,40)/t18-,20-,26-,27+,28+,29-/m1/s1. The summed E-state index contributed by atoms with van der Waals surface area (Å²) in [6.07, 6.45) is 6.74. The maximum Gasteiger partial charge on any atom is 0.408 e. The zero-order valence-corrected chi connectivity index (χ0v) is 25.9. The number of Topliss-reactive ketones (excluding diaryl/α,β-unsaturated/α-hetero) is 1. The van der Waals surface area contributed by atoms with Crippen molar-refractivity contribution in [3.05, 3.63) is 23.9 Å². The zero-order chi connectivity index (χ0) is 30.5. The minimum Gasteiger partial charge on any atom is -0.490 e. The van der Waals surface area contributed by atoms with Crippen LogP contribution in [0.3, 0.4) is 0 Å². The summed E-state index contributed by atoms with van der Waals surface area (Å²) in [6, 6.07) is 4.24. The van der Waals surface area contributed by atoms with Crippen LogP contribution in [0.4, 0.5) is 4.79 Å². The maximum absolute atomic E-state index is 14.1. The van der Waals surface area contributed by atoms with Gasteiger partial charge in [-0.05, 0) is 68.9 Å². The molecule has 2 bridgehead atoms. The van der Waals surface area contributed by atoms with E-state index in [1.165, 1.54) is 6.92 Å². The number of benzene rings is 1. The third kappa shape index (κ3) is 6.58. The Kier molecular flexibility index (Phi) is 7.98. The quantitative estimate of drug-likeness (QED) is 0.529. The predicted octanol–water partition coefficient (Wildman–Crippen LogP) is 5.00. The first kappa shape index (κ1) is 29.6. The highest BCUT2D eigenvalue weighted by Crippen LogP contribution is 2.39. The van der Waals surface area contributed by atoms with Crippen LogP contribution in [0.2, 0.25) is 0 Å². The molecular weight excluding hydrogens is 548 g/mol. The molecule has 1 aromatic carbocycles. The summed E-state index contributed by atoms with van der Waals surface area (Å²) in [5.74, 6) is 0.829. The van der Waals surface area contributed by atoms with Crippen molar-refractivity contribution in [2.45, 2.75) is 116 Å². The molecule has 2 amide bonds. The molecule has 10 heteroatoms. The Bertz CT molecular complexity index is 1400. The fourth-order valence-corrected chi connectivity index (χ4v) is 6.48. The Hall–Kier alpha value is -3.43. The van der Waals surface area contributed by atoms with E-state index in [1.54, 1.807) is 4.90 Å². The molecule has 2 saturated carbocycles. The molecule has 1 aromatic heterocycles. The van der Waals surface area contributed by atoms with E-state index in [1.807, 2.05) is 45.9 Å². The van der Waals surface area contributed by atoms with Crippen molar-refractivity contribution in [2.75, 3.05) is 6.54 Å². The molecule has 232 valence electrons. The minimum absolute atomic E-state index is 0.115. The third-order valence-corrected chi connectivity index (χ3v) is 9.24. The van der Waals surface area contributed by atoms with Crippen molar-refractivity contribution in [2.24, 2.45) is 17.3 Å². The van der Waals surface area contributed by atoms with Gasteiger partial charge in [0.05, 0.1) is 29.7 Å². The largest absolute Gasteiger partial charge is 0.490 e. The fourth-order valence-electron chi connectivity index (χ4n) is 6.48. The fraction of sp³-hybridized carbons (Fsp3) is 0.667. The van der Waals surface area contributed by atoms with Gasteiger partial charge in [0.1, 0.15) is 29.7 Å². The molecule has 10 nitrogen and oxygen atoms in total. The molecule has 2 aromatic rings. The number of rotatable bonds is 3. The number of ketones is 1. The van der Waals surface area contributed by atoms with Crippen LogP contribution in [-0.4, -0.2) is 69.6 Å². The SMILES string of the molecule is CC(=O)[C@@H]1[C@H](C)[C@@H]2CN1C(=O)[C@H](C(C)(C)C)NC(=O)O[C@@H]1C[C@H]1CCCCCc1nc3ccc(OC4CC4)cc3nc1O2. The van der Waals surface area contributed by atoms with Gasteiger partial charge in [0.15, 0.2) is 5.78 Å². The molecular formula is C33H44N4O6. The van der Waals surface area contributed by atoms with E-state index in [2.05, 4.69) is 5.32 Å². The number of nitrogens with one attached hydrogen (secondary N) is 1. The second kappa shape index (κ2) is 11.6. The lowest BCUT2D eigenvalue weighted by Crippen LogP contribution is -2.57. The molecule has 0 unspecified atom stereocenters. The van der Waals surface area contributed by atoms with Crippen molar-refractivity contribution >= 4 is 28.8 Å². The lowest BCUT2D eigenvalue weighted by molar-refractivity contribution is -0.141. The number of fused-ring (bicyclic) bond motifs is 5. The number of hydrogen-bond acceptors (Lipinski definition) is 8. The van der Waals surface area contributed by atoms with Crippen molar-refractivity contribution in [3.8, 4) is 11.6 Å². The molecule has 2 aliphatic heterocycles. The number of hydrogen-bond donors (Lipinski definition) is 1. The predicted molar refractivity (Wildman–Crippen MR) is 160 cm³/mol.